The molecular weight excluding hydrogens is 397 g/mol. The maximum absolute atomic E-state index is 12.8. The Morgan fingerprint density at radius 3 is 2.30 bits per heavy atom. The number of carbonyl (C=O) groups is 3. The second-order valence-electron chi connectivity index (χ2n) is 5.37. The van der Waals surface area contributed by atoms with Crippen molar-refractivity contribution in [3.63, 3.8) is 0 Å². The van der Waals surface area contributed by atoms with E-state index in [1.54, 1.807) is 6.07 Å². The summed E-state index contributed by atoms with van der Waals surface area (Å²) in [5.41, 5.74) is -0.538. The summed E-state index contributed by atoms with van der Waals surface area (Å²) < 4.78 is 0. The fraction of sp³-hybridized carbons (Fsp3) is 0. The van der Waals surface area contributed by atoms with Crippen LogP contribution in [0.2, 0.25) is 10.0 Å². The summed E-state index contributed by atoms with van der Waals surface area (Å²) in [5, 5.41) is 13.4. The molecule has 0 saturated carbocycles. The van der Waals surface area contributed by atoms with Crippen LogP contribution in [0, 0.1) is 10.1 Å². The van der Waals surface area contributed by atoms with Gasteiger partial charge in [0.15, 0.2) is 0 Å². The average molecular weight is 406 g/mol. The van der Waals surface area contributed by atoms with Crippen molar-refractivity contribution in [2.45, 2.75) is 0 Å². The Labute approximate surface area is 162 Å². The van der Waals surface area contributed by atoms with Crippen LogP contribution in [-0.2, 0) is 9.59 Å². The molecule has 8 nitrogen and oxygen atoms in total. The first kappa shape index (κ1) is 18.6. The van der Waals surface area contributed by atoms with Crippen molar-refractivity contribution in [1.82, 2.24) is 5.32 Å². The van der Waals surface area contributed by atoms with Crippen LogP contribution in [0.4, 0.5) is 16.2 Å². The van der Waals surface area contributed by atoms with Gasteiger partial charge in [-0.1, -0.05) is 35.3 Å². The third-order valence-electron chi connectivity index (χ3n) is 3.69. The number of nitrogens with zero attached hydrogens (tertiary/aromatic N) is 2. The highest BCUT2D eigenvalue weighted by atomic mass is 35.5. The summed E-state index contributed by atoms with van der Waals surface area (Å²) in [6.45, 7) is 0. The number of imide groups is 2. The molecule has 1 aliphatic rings. The van der Waals surface area contributed by atoms with E-state index in [-0.39, 0.29) is 27.0 Å². The molecule has 0 atom stereocenters. The second-order valence-corrected chi connectivity index (χ2v) is 6.18. The van der Waals surface area contributed by atoms with E-state index in [0.717, 1.165) is 6.07 Å². The zero-order valence-electron chi connectivity index (χ0n) is 13.3. The first-order valence-corrected chi connectivity index (χ1v) is 8.15. The number of benzene rings is 2. The molecule has 27 heavy (non-hydrogen) atoms. The summed E-state index contributed by atoms with van der Waals surface area (Å²) >= 11 is 12.1. The monoisotopic (exact) mass is 405 g/mol. The van der Waals surface area contributed by atoms with Crippen LogP contribution in [0.25, 0.3) is 6.08 Å². The summed E-state index contributed by atoms with van der Waals surface area (Å²) in [6, 6.07) is 8.53. The molecule has 0 aromatic heterocycles. The number of barbiturate groups is 1. The molecule has 3 rings (SSSR count). The molecule has 0 aliphatic carbocycles. The zero-order valence-corrected chi connectivity index (χ0v) is 14.8. The summed E-state index contributed by atoms with van der Waals surface area (Å²) in [4.78, 5) is 48.0. The first-order chi connectivity index (χ1) is 12.8. The number of hydrogen-bond acceptors (Lipinski definition) is 5. The fourth-order valence-electron chi connectivity index (χ4n) is 2.43. The molecule has 0 bridgehead atoms. The van der Waals surface area contributed by atoms with Gasteiger partial charge < -0.3 is 0 Å². The number of halogens is 2. The van der Waals surface area contributed by atoms with Gasteiger partial charge in [-0.05, 0) is 24.3 Å². The quantitative estimate of drug-likeness (QED) is 0.363. The fourth-order valence-corrected chi connectivity index (χ4v) is 2.94. The number of nitrogens with one attached hydrogen (secondary N) is 1. The minimum Gasteiger partial charge on any atom is -0.273 e. The zero-order chi connectivity index (χ0) is 19.7. The Balaban J connectivity index is 2.08. The highest BCUT2D eigenvalue weighted by Gasteiger charge is 2.37. The lowest BCUT2D eigenvalue weighted by molar-refractivity contribution is -0.384. The molecule has 0 radical (unpaired) electrons. The number of urea groups is 1. The van der Waals surface area contributed by atoms with Crippen LogP contribution in [0.5, 0.6) is 0 Å². The SMILES string of the molecule is O=C1NC(=O)N(c2cccc([N+](=O)[O-])c2)C(=O)/C1=C/c1c(Cl)cccc1Cl. The average Bonchev–Trinajstić information content (AvgIpc) is 2.60. The predicted octanol–water partition coefficient (Wildman–Crippen LogP) is 3.57. The van der Waals surface area contributed by atoms with Crippen LogP contribution in [-0.4, -0.2) is 22.8 Å². The number of anilines is 1. The van der Waals surface area contributed by atoms with Gasteiger partial charge in [0.2, 0.25) is 0 Å². The standard InChI is InChI=1S/C17H9Cl2N3O5/c18-13-5-2-6-14(19)11(13)8-12-15(23)20-17(25)21(16(12)24)9-3-1-4-10(7-9)22(26)27/h1-8H,(H,20,23,25)/b12-8+. The molecule has 0 spiro atoms. The number of hydrogen-bond donors (Lipinski definition) is 1. The van der Waals surface area contributed by atoms with Gasteiger partial charge >= 0.3 is 6.03 Å². The normalized spacial score (nSPS) is 15.9. The Bertz CT molecular complexity index is 1010. The van der Waals surface area contributed by atoms with E-state index in [2.05, 4.69) is 0 Å². The number of non-ortho nitro benzene ring substituents is 1. The molecular formula is C17H9Cl2N3O5. The highest BCUT2D eigenvalue weighted by molar-refractivity contribution is 6.41. The Hall–Kier alpha value is -3.23. The molecule has 2 aromatic rings. The molecule has 1 saturated heterocycles. The maximum Gasteiger partial charge on any atom is 0.335 e. The van der Waals surface area contributed by atoms with Gasteiger partial charge in [-0.25, -0.2) is 9.69 Å². The maximum atomic E-state index is 12.8. The molecule has 1 fully saturated rings. The number of rotatable bonds is 3. The van der Waals surface area contributed by atoms with Gasteiger partial charge in [0.25, 0.3) is 17.5 Å². The van der Waals surface area contributed by atoms with E-state index in [1.165, 1.54) is 36.4 Å². The minimum atomic E-state index is -1.02. The predicted molar refractivity (Wildman–Crippen MR) is 98.6 cm³/mol. The molecule has 10 heteroatoms. The lowest BCUT2D eigenvalue weighted by Crippen LogP contribution is -2.54. The van der Waals surface area contributed by atoms with Gasteiger partial charge in [0.05, 0.1) is 10.6 Å². The van der Waals surface area contributed by atoms with Gasteiger partial charge in [-0.3, -0.25) is 25.0 Å². The van der Waals surface area contributed by atoms with E-state index in [1.807, 2.05) is 5.32 Å². The van der Waals surface area contributed by atoms with Crippen LogP contribution in [0.1, 0.15) is 5.56 Å². The van der Waals surface area contributed by atoms with E-state index in [4.69, 9.17) is 23.2 Å². The molecule has 2 aromatic carbocycles. The van der Waals surface area contributed by atoms with Crippen LogP contribution >= 0.6 is 23.2 Å². The van der Waals surface area contributed by atoms with Crippen LogP contribution < -0.4 is 10.2 Å². The van der Waals surface area contributed by atoms with Crippen LogP contribution in [0.15, 0.2) is 48.0 Å². The summed E-state index contributed by atoms with van der Waals surface area (Å²) in [5.74, 6) is -1.89. The second kappa shape index (κ2) is 7.18. The van der Waals surface area contributed by atoms with Crippen molar-refractivity contribution in [2.75, 3.05) is 4.90 Å². The lowest BCUT2D eigenvalue weighted by atomic mass is 10.1. The molecule has 1 aliphatic heterocycles. The molecule has 1 heterocycles. The number of carbonyl (C=O) groups excluding carboxylic acids is 3. The minimum absolute atomic E-state index is 0.0599. The number of amides is 4. The topological polar surface area (TPSA) is 110 Å². The number of nitro groups is 1. The smallest absolute Gasteiger partial charge is 0.273 e. The van der Waals surface area contributed by atoms with Crippen molar-refractivity contribution in [3.8, 4) is 0 Å². The van der Waals surface area contributed by atoms with E-state index >= 15 is 0 Å². The Morgan fingerprint density at radius 2 is 1.67 bits per heavy atom. The Kier molecular flexibility index (Phi) is 4.93. The van der Waals surface area contributed by atoms with E-state index in [9.17, 15) is 24.5 Å². The number of nitro benzene ring substituents is 1. The largest absolute Gasteiger partial charge is 0.335 e. The third-order valence-corrected chi connectivity index (χ3v) is 4.35. The van der Waals surface area contributed by atoms with Crippen molar-refractivity contribution in [2.24, 2.45) is 0 Å². The molecule has 4 amide bonds. The van der Waals surface area contributed by atoms with Gasteiger partial charge in [0.1, 0.15) is 5.57 Å². The van der Waals surface area contributed by atoms with Gasteiger partial charge in [-0.2, -0.15) is 0 Å². The van der Waals surface area contributed by atoms with Crippen molar-refractivity contribution in [1.29, 1.82) is 0 Å². The third kappa shape index (κ3) is 3.53. The van der Waals surface area contributed by atoms with Crippen molar-refractivity contribution >= 4 is 58.5 Å². The van der Waals surface area contributed by atoms with Crippen molar-refractivity contribution in [3.05, 3.63) is 73.8 Å². The first-order valence-electron chi connectivity index (χ1n) is 7.39. The summed E-state index contributed by atoms with van der Waals surface area (Å²) in [6.07, 6.45) is 1.17. The highest BCUT2D eigenvalue weighted by Crippen LogP contribution is 2.29. The summed E-state index contributed by atoms with van der Waals surface area (Å²) in [7, 11) is 0. The van der Waals surface area contributed by atoms with E-state index < -0.39 is 28.3 Å². The molecule has 1 N–H and O–H groups in total. The van der Waals surface area contributed by atoms with E-state index in [0.29, 0.717) is 4.90 Å². The molecule has 0 unspecified atom stereocenters. The van der Waals surface area contributed by atoms with Crippen LogP contribution in [0.3, 0.4) is 0 Å². The van der Waals surface area contributed by atoms with Gasteiger partial charge in [0, 0.05) is 27.7 Å². The molecule has 136 valence electrons. The Morgan fingerprint density at radius 1 is 1.04 bits per heavy atom. The van der Waals surface area contributed by atoms with Gasteiger partial charge in [-0.15, -0.1) is 0 Å². The lowest BCUT2D eigenvalue weighted by Gasteiger charge is -2.26. The van der Waals surface area contributed by atoms with Crippen molar-refractivity contribution < 1.29 is 19.3 Å².